The van der Waals surface area contributed by atoms with Gasteiger partial charge < -0.3 is 9.47 Å². The highest BCUT2D eigenvalue weighted by Crippen LogP contribution is 2.07. The van der Waals surface area contributed by atoms with Crippen LogP contribution in [-0.2, 0) is 4.74 Å². The summed E-state index contributed by atoms with van der Waals surface area (Å²) in [6.45, 7) is 1.25. The fraction of sp³-hybridized carbons (Fsp3) is 0.455. The molecule has 0 bridgehead atoms. The van der Waals surface area contributed by atoms with E-state index < -0.39 is 0 Å². The highest BCUT2D eigenvalue weighted by molar-refractivity contribution is 5.20. The molecule has 0 aliphatic rings. The minimum Gasteiger partial charge on any atom is -0.491 e. The first-order chi connectivity index (χ1) is 5.43. The van der Waals surface area contributed by atoms with Gasteiger partial charge in [0.15, 0.2) is 0 Å². The largest absolute Gasteiger partial charge is 0.491 e. The molecule has 0 saturated carbocycles. The van der Waals surface area contributed by atoms with E-state index in [1.807, 2.05) is 30.3 Å². The Hall–Kier alpha value is -1.02. The zero-order chi connectivity index (χ0) is 7.94. The molecule has 76 valence electrons. The normalized spacial score (nSPS) is 8.08. The highest BCUT2D eigenvalue weighted by atomic mass is 16.5. The van der Waals surface area contributed by atoms with Gasteiger partial charge in [0.1, 0.15) is 12.4 Å². The SMILES string of the molecule is C.C.COCCOc1ccccc1. The predicted octanol–water partition coefficient (Wildman–Crippen LogP) is 2.98. The second kappa shape index (κ2) is 9.07. The van der Waals surface area contributed by atoms with Gasteiger partial charge in [-0.25, -0.2) is 0 Å². The van der Waals surface area contributed by atoms with Gasteiger partial charge in [-0.1, -0.05) is 33.1 Å². The van der Waals surface area contributed by atoms with E-state index in [1.165, 1.54) is 0 Å². The van der Waals surface area contributed by atoms with Crippen LogP contribution >= 0.6 is 0 Å². The number of benzene rings is 1. The summed E-state index contributed by atoms with van der Waals surface area (Å²) in [6.07, 6.45) is 0. The second-order valence-corrected chi connectivity index (χ2v) is 2.15. The first kappa shape index (κ1) is 14.5. The molecule has 0 unspecified atom stereocenters. The predicted molar refractivity (Wildman–Crippen MR) is 57.3 cm³/mol. The van der Waals surface area contributed by atoms with E-state index in [0.717, 1.165) is 5.75 Å². The van der Waals surface area contributed by atoms with Gasteiger partial charge in [0.2, 0.25) is 0 Å². The average Bonchev–Trinajstić information content (AvgIpc) is 2.07. The molecule has 2 nitrogen and oxygen atoms in total. The topological polar surface area (TPSA) is 18.5 Å². The lowest BCUT2D eigenvalue weighted by atomic mass is 10.3. The van der Waals surface area contributed by atoms with E-state index in [0.29, 0.717) is 13.2 Å². The number of hydrogen-bond acceptors (Lipinski definition) is 2. The van der Waals surface area contributed by atoms with Crippen molar-refractivity contribution in [3.63, 3.8) is 0 Å². The number of rotatable bonds is 4. The molecule has 0 saturated heterocycles. The summed E-state index contributed by atoms with van der Waals surface area (Å²) in [5.74, 6) is 0.893. The summed E-state index contributed by atoms with van der Waals surface area (Å²) in [4.78, 5) is 0. The van der Waals surface area contributed by atoms with E-state index >= 15 is 0 Å². The Balaban J connectivity index is 0. The van der Waals surface area contributed by atoms with Gasteiger partial charge in [0.05, 0.1) is 6.61 Å². The standard InChI is InChI=1S/C9H12O2.2CH4/c1-10-7-8-11-9-5-3-2-4-6-9;;/h2-6H,7-8H2,1H3;2*1H4. The lowest BCUT2D eigenvalue weighted by molar-refractivity contribution is 0.146. The lowest BCUT2D eigenvalue weighted by Crippen LogP contribution is -2.03. The quantitative estimate of drug-likeness (QED) is 0.670. The van der Waals surface area contributed by atoms with Crippen molar-refractivity contribution >= 4 is 0 Å². The van der Waals surface area contributed by atoms with Crippen molar-refractivity contribution in [2.24, 2.45) is 0 Å². The number of para-hydroxylation sites is 1. The average molecular weight is 184 g/mol. The van der Waals surface area contributed by atoms with Gasteiger partial charge in [-0.3, -0.25) is 0 Å². The number of ether oxygens (including phenoxy) is 2. The Morgan fingerprint density at radius 2 is 1.62 bits per heavy atom. The highest BCUT2D eigenvalue weighted by Gasteiger charge is 1.88. The van der Waals surface area contributed by atoms with Crippen LogP contribution in [0.5, 0.6) is 5.75 Å². The zero-order valence-electron chi connectivity index (χ0n) is 6.62. The smallest absolute Gasteiger partial charge is 0.119 e. The van der Waals surface area contributed by atoms with Crippen LogP contribution in [0.4, 0.5) is 0 Å². The monoisotopic (exact) mass is 184 g/mol. The number of hydrogen-bond donors (Lipinski definition) is 0. The van der Waals surface area contributed by atoms with Gasteiger partial charge in [-0.05, 0) is 12.1 Å². The van der Waals surface area contributed by atoms with Gasteiger partial charge in [0.25, 0.3) is 0 Å². The van der Waals surface area contributed by atoms with Crippen LogP contribution in [0.2, 0.25) is 0 Å². The lowest BCUT2D eigenvalue weighted by Gasteiger charge is -2.03. The third-order valence-corrected chi connectivity index (χ3v) is 1.30. The molecule has 1 rings (SSSR count). The van der Waals surface area contributed by atoms with Crippen LogP contribution in [0.15, 0.2) is 30.3 Å². The maximum Gasteiger partial charge on any atom is 0.119 e. The first-order valence-electron chi connectivity index (χ1n) is 3.60. The molecule has 0 aromatic heterocycles. The molecule has 0 heterocycles. The van der Waals surface area contributed by atoms with Crippen molar-refractivity contribution in [3.05, 3.63) is 30.3 Å². The van der Waals surface area contributed by atoms with Gasteiger partial charge >= 0.3 is 0 Å². The van der Waals surface area contributed by atoms with Gasteiger partial charge in [0, 0.05) is 7.11 Å². The zero-order valence-corrected chi connectivity index (χ0v) is 6.62. The van der Waals surface area contributed by atoms with Gasteiger partial charge in [-0.15, -0.1) is 0 Å². The van der Waals surface area contributed by atoms with Crippen LogP contribution in [-0.4, -0.2) is 20.3 Å². The third kappa shape index (κ3) is 6.17. The molecule has 0 amide bonds. The molecule has 0 aliphatic heterocycles. The summed E-state index contributed by atoms with van der Waals surface area (Å²) >= 11 is 0. The van der Waals surface area contributed by atoms with Crippen LogP contribution in [0.1, 0.15) is 14.9 Å². The Bertz CT molecular complexity index is 185. The molecule has 0 atom stereocenters. The van der Waals surface area contributed by atoms with E-state index in [1.54, 1.807) is 7.11 Å². The van der Waals surface area contributed by atoms with Crippen molar-refractivity contribution < 1.29 is 9.47 Å². The second-order valence-electron chi connectivity index (χ2n) is 2.15. The van der Waals surface area contributed by atoms with Crippen LogP contribution < -0.4 is 4.74 Å². The van der Waals surface area contributed by atoms with Crippen LogP contribution in [0, 0.1) is 0 Å². The molecule has 0 aliphatic carbocycles. The van der Waals surface area contributed by atoms with E-state index in [-0.39, 0.29) is 14.9 Å². The molecule has 0 fully saturated rings. The fourth-order valence-corrected chi connectivity index (χ4v) is 0.760. The third-order valence-electron chi connectivity index (χ3n) is 1.30. The Morgan fingerprint density at radius 1 is 1.00 bits per heavy atom. The molecule has 1 aromatic carbocycles. The molecular weight excluding hydrogens is 164 g/mol. The number of methoxy groups -OCH3 is 1. The summed E-state index contributed by atoms with van der Waals surface area (Å²) < 4.78 is 10.2. The fourth-order valence-electron chi connectivity index (χ4n) is 0.760. The Morgan fingerprint density at radius 3 is 2.15 bits per heavy atom. The molecule has 0 N–H and O–H groups in total. The minimum absolute atomic E-state index is 0. The molecule has 1 aromatic rings. The van der Waals surface area contributed by atoms with Crippen molar-refractivity contribution in [2.75, 3.05) is 20.3 Å². The minimum atomic E-state index is 0. The van der Waals surface area contributed by atoms with Crippen LogP contribution in [0.3, 0.4) is 0 Å². The van der Waals surface area contributed by atoms with Crippen molar-refractivity contribution in [1.29, 1.82) is 0 Å². The van der Waals surface area contributed by atoms with Crippen molar-refractivity contribution in [3.8, 4) is 5.75 Å². The summed E-state index contributed by atoms with van der Waals surface area (Å²) in [5.41, 5.74) is 0. The van der Waals surface area contributed by atoms with Crippen molar-refractivity contribution in [1.82, 2.24) is 0 Å². The maximum atomic E-state index is 5.32. The summed E-state index contributed by atoms with van der Waals surface area (Å²) in [6, 6.07) is 9.71. The maximum absolute atomic E-state index is 5.32. The van der Waals surface area contributed by atoms with Gasteiger partial charge in [-0.2, -0.15) is 0 Å². The molecule has 0 radical (unpaired) electrons. The summed E-state index contributed by atoms with van der Waals surface area (Å²) in [5, 5.41) is 0. The van der Waals surface area contributed by atoms with E-state index in [9.17, 15) is 0 Å². The summed E-state index contributed by atoms with van der Waals surface area (Å²) in [7, 11) is 1.66. The van der Waals surface area contributed by atoms with Crippen LogP contribution in [0.25, 0.3) is 0 Å². The molecular formula is C11H20O2. The Labute approximate surface area is 81.5 Å². The molecule has 0 spiro atoms. The first-order valence-corrected chi connectivity index (χ1v) is 3.60. The Kier molecular flexibility index (Phi) is 10.1. The van der Waals surface area contributed by atoms with E-state index in [4.69, 9.17) is 9.47 Å². The molecule has 2 heteroatoms. The molecule has 13 heavy (non-hydrogen) atoms. The van der Waals surface area contributed by atoms with Crippen molar-refractivity contribution in [2.45, 2.75) is 14.9 Å². The van der Waals surface area contributed by atoms with E-state index in [2.05, 4.69) is 0 Å².